The predicted molar refractivity (Wildman–Crippen MR) is 157 cm³/mol. The number of carbonyl (C=O) groups excluding carboxylic acids is 1. The monoisotopic (exact) mass is 592 g/mol. The smallest absolute Gasteiger partial charge is 0.344 e. The van der Waals surface area contributed by atoms with Gasteiger partial charge in [-0.05, 0) is 22.6 Å². The van der Waals surface area contributed by atoms with Gasteiger partial charge in [0.05, 0.1) is 0 Å². The zero-order valence-electron chi connectivity index (χ0n) is 23.0. The minimum atomic E-state index is -0.648. The van der Waals surface area contributed by atoms with Gasteiger partial charge in [-0.25, -0.2) is 4.79 Å². The first-order chi connectivity index (χ1) is 21.4. The fourth-order valence-corrected chi connectivity index (χ4v) is 4.46. The summed E-state index contributed by atoms with van der Waals surface area (Å²) in [7, 11) is 0. The van der Waals surface area contributed by atoms with E-state index in [0.29, 0.717) is 33.2 Å². The first-order valence-corrected chi connectivity index (χ1v) is 13.4. The van der Waals surface area contributed by atoms with Gasteiger partial charge in [0.2, 0.25) is 5.69 Å². The van der Waals surface area contributed by atoms with Crippen LogP contribution < -0.4 is 19.8 Å². The molecule has 0 saturated carbocycles. The molecule has 4 aromatic carbocycles. The van der Waals surface area contributed by atoms with E-state index in [1.807, 2.05) is 48.5 Å². The van der Waals surface area contributed by atoms with Crippen LogP contribution in [0.15, 0.2) is 117 Å². The van der Waals surface area contributed by atoms with Gasteiger partial charge in [0, 0.05) is 34.5 Å². The van der Waals surface area contributed by atoms with Crippen LogP contribution in [0.25, 0.3) is 33.6 Å². The molecular formula is C33H24N2O9. The van der Waals surface area contributed by atoms with Crippen LogP contribution in [0.5, 0.6) is 17.2 Å². The van der Waals surface area contributed by atoms with Crippen LogP contribution in [0.1, 0.15) is 11.3 Å². The van der Waals surface area contributed by atoms with Crippen molar-refractivity contribution in [1.29, 1.82) is 0 Å². The van der Waals surface area contributed by atoms with Crippen molar-refractivity contribution >= 4 is 16.9 Å². The van der Waals surface area contributed by atoms with Crippen LogP contribution in [-0.2, 0) is 22.7 Å². The Hall–Kier alpha value is -6.10. The maximum Gasteiger partial charge on any atom is 0.344 e. The summed E-state index contributed by atoms with van der Waals surface area (Å²) in [5, 5.41) is 26.3. The first-order valence-electron chi connectivity index (χ1n) is 13.4. The fourth-order valence-electron chi connectivity index (χ4n) is 4.46. The molecule has 0 amide bonds. The Morgan fingerprint density at radius 3 is 2.27 bits per heavy atom. The summed E-state index contributed by atoms with van der Waals surface area (Å²) in [4.78, 5) is 25.3. The van der Waals surface area contributed by atoms with Crippen LogP contribution in [-0.4, -0.2) is 22.8 Å². The lowest BCUT2D eigenvalue weighted by atomic mass is 10.1. The number of carbonyl (C=O) groups is 1. The molecule has 0 unspecified atom stereocenters. The molecule has 0 aliphatic rings. The molecule has 220 valence electrons. The molecule has 1 N–H and O–H groups in total. The van der Waals surface area contributed by atoms with Crippen molar-refractivity contribution in [3.63, 3.8) is 0 Å². The van der Waals surface area contributed by atoms with Crippen molar-refractivity contribution in [2.24, 2.45) is 0 Å². The van der Waals surface area contributed by atoms with Crippen molar-refractivity contribution in [1.82, 2.24) is 5.16 Å². The molecule has 2 aromatic heterocycles. The molecule has 0 saturated heterocycles. The summed E-state index contributed by atoms with van der Waals surface area (Å²) in [5.74, 6) is -0.0246. The maximum absolute atomic E-state index is 12.6. The normalized spacial score (nSPS) is 10.9. The van der Waals surface area contributed by atoms with E-state index in [4.69, 9.17) is 23.3 Å². The zero-order valence-corrected chi connectivity index (χ0v) is 23.0. The van der Waals surface area contributed by atoms with Crippen LogP contribution in [0.2, 0.25) is 0 Å². The number of hydrogen-bond donors (Lipinski definition) is 1. The second kappa shape index (κ2) is 12.4. The van der Waals surface area contributed by atoms with Gasteiger partial charge < -0.3 is 28.9 Å². The molecule has 0 atom stereocenters. The number of nitrogens with zero attached hydrogens (tertiary/aromatic N) is 2. The van der Waals surface area contributed by atoms with Crippen LogP contribution in [0, 0.1) is 5.21 Å². The Morgan fingerprint density at radius 2 is 1.55 bits per heavy atom. The molecule has 0 fully saturated rings. The van der Waals surface area contributed by atoms with E-state index in [1.54, 1.807) is 36.4 Å². The van der Waals surface area contributed by atoms with E-state index in [0.717, 1.165) is 5.56 Å². The van der Waals surface area contributed by atoms with Crippen molar-refractivity contribution < 1.29 is 38.1 Å². The van der Waals surface area contributed by atoms with Gasteiger partial charge in [0.15, 0.2) is 18.6 Å². The zero-order chi connectivity index (χ0) is 30.5. The van der Waals surface area contributed by atoms with Gasteiger partial charge in [-0.3, -0.25) is 9.42 Å². The highest BCUT2D eigenvalue weighted by atomic mass is 16.8. The summed E-state index contributed by atoms with van der Waals surface area (Å²) in [6.45, 7) is -0.526. The number of fused-ring (bicyclic) bond motifs is 1. The van der Waals surface area contributed by atoms with E-state index >= 15 is 0 Å². The largest absolute Gasteiger partial charge is 0.507 e. The van der Waals surface area contributed by atoms with Crippen LogP contribution in [0.4, 0.5) is 0 Å². The highest BCUT2D eigenvalue weighted by Gasteiger charge is 2.21. The van der Waals surface area contributed by atoms with Gasteiger partial charge in [0.25, 0.3) is 5.69 Å². The summed E-state index contributed by atoms with van der Waals surface area (Å²) >= 11 is 0. The van der Waals surface area contributed by atoms with Gasteiger partial charge in [-0.15, -0.1) is 0 Å². The SMILES string of the molecule is O=C(COc1cc(O)c2c(=O)cc(-c3ccccc3)oc2c1)OCc1ccc(OCc2c(-c3ccccc3)no[n+]2[O-])cc1. The number of aromatic nitrogens is 2. The van der Waals surface area contributed by atoms with Gasteiger partial charge >= 0.3 is 5.97 Å². The standard InChI is InChI=1S/C33H24N2O9/c36-27-15-25(16-30-32(27)28(37)17-29(43-30)22-7-3-1-4-8-22)41-20-31(38)42-18-21-11-13-24(14-12-21)40-19-26-33(34-44-35(26)39)23-9-5-2-6-10-23/h1-17,36H,18-20H2. The molecule has 0 aliphatic carbocycles. The van der Waals surface area contributed by atoms with Crippen LogP contribution in [0.3, 0.4) is 0 Å². The van der Waals surface area contributed by atoms with Crippen molar-refractivity contribution in [3.8, 4) is 39.8 Å². The van der Waals surface area contributed by atoms with Crippen LogP contribution >= 0.6 is 0 Å². The number of esters is 1. The lowest BCUT2D eigenvalue weighted by molar-refractivity contribution is -0.808. The van der Waals surface area contributed by atoms with Gasteiger partial charge in [0.1, 0.15) is 40.6 Å². The number of ether oxygens (including phenoxy) is 3. The number of rotatable bonds is 10. The molecule has 0 radical (unpaired) electrons. The van der Waals surface area contributed by atoms with E-state index in [1.165, 1.54) is 18.2 Å². The van der Waals surface area contributed by atoms with Crippen molar-refractivity contribution in [2.45, 2.75) is 13.2 Å². The van der Waals surface area contributed by atoms with Crippen molar-refractivity contribution in [2.75, 3.05) is 6.61 Å². The maximum atomic E-state index is 12.6. The van der Waals surface area contributed by atoms with Gasteiger partial charge in [-0.1, -0.05) is 72.8 Å². The Bertz CT molecular complexity index is 1970. The second-order valence-corrected chi connectivity index (χ2v) is 9.63. The Morgan fingerprint density at radius 1 is 0.841 bits per heavy atom. The Labute approximate surface area is 249 Å². The summed E-state index contributed by atoms with van der Waals surface area (Å²) in [6.07, 6.45) is 0. The molecule has 6 aromatic rings. The number of benzene rings is 4. The predicted octanol–water partition coefficient (Wildman–Crippen LogP) is 5.16. The quantitative estimate of drug-likeness (QED) is 0.167. The third-order valence-corrected chi connectivity index (χ3v) is 6.64. The number of hydrogen-bond acceptors (Lipinski definition) is 10. The summed E-state index contributed by atoms with van der Waals surface area (Å²) in [5.41, 5.74) is 2.45. The lowest BCUT2D eigenvalue weighted by Crippen LogP contribution is -2.29. The third kappa shape index (κ3) is 6.21. The van der Waals surface area contributed by atoms with Crippen molar-refractivity contribution in [3.05, 3.63) is 130 Å². The highest BCUT2D eigenvalue weighted by Crippen LogP contribution is 2.31. The molecule has 0 aliphatic heterocycles. The molecule has 44 heavy (non-hydrogen) atoms. The Kier molecular flexibility index (Phi) is 7.91. The fraction of sp³-hybridized carbons (Fsp3) is 0.0909. The van der Waals surface area contributed by atoms with Gasteiger partial charge in [-0.2, -0.15) is 0 Å². The van der Waals surface area contributed by atoms with E-state index in [2.05, 4.69) is 5.16 Å². The minimum Gasteiger partial charge on any atom is -0.507 e. The minimum absolute atomic E-state index is 0.0114. The second-order valence-electron chi connectivity index (χ2n) is 9.63. The molecule has 11 heteroatoms. The highest BCUT2D eigenvalue weighted by molar-refractivity contribution is 5.86. The number of aromatic hydroxyl groups is 1. The summed E-state index contributed by atoms with van der Waals surface area (Å²) in [6, 6.07) is 29.0. The molecular weight excluding hydrogens is 568 g/mol. The molecule has 11 nitrogen and oxygen atoms in total. The number of phenols is 1. The number of phenolic OH excluding ortho intramolecular Hbond substituents is 1. The molecule has 2 heterocycles. The average molecular weight is 593 g/mol. The third-order valence-electron chi connectivity index (χ3n) is 6.64. The molecule has 6 rings (SSSR count). The molecule has 0 bridgehead atoms. The van der Waals surface area contributed by atoms with E-state index < -0.39 is 18.0 Å². The molecule has 0 spiro atoms. The van der Waals surface area contributed by atoms with E-state index in [-0.39, 0.29) is 41.4 Å². The Balaban J connectivity index is 1.03. The topological polar surface area (TPSA) is 148 Å². The van der Waals surface area contributed by atoms with E-state index in [9.17, 15) is 19.9 Å². The first kappa shape index (κ1) is 28.0. The lowest BCUT2D eigenvalue weighted by Gasteiger charge is -2.10. The summed E-state index contributed by atoms with van der Waals surface area (Å²) < 4.78 is 27.2. The average Bonchev–Trinajstić information content (AvgIpc) is 3.42.